The van der Waals surface area contributed by atoms with E-state index in [1.165, 1.54) is 12.3 Å². The smallest absolute Gasteiger partial charge is 0.146 e. The Bertz CT molecular complexity index is 367. The van der Waals surface area contributed by atoms with Crippen molar-refractivity contribution in [2.24, 2.45) is 0 Å². The van der Waals surface area contributed by atoms with Crippen LogP contribution in [0.5, 0.6) is 0 Å². The summed E-state index contributed by atoms with van der Waals surface area (Å²) in [6, 6.07) is 1.46. The molecule has 0 atom stereocenters. The first-order valence-corrected chi connectivity index (χ1v) is 5.07. The average Bonchev–Trinajstić information content (AvgIpc) is 2.17. The Balaban J connectivity index is 1.99. The minimum atomic E-state index is -0.323. The van der Waals surface area contributed by atoms with Crippen molar-refractivity contribution in [2.45, 2.75) is 19.4 Å². The summed E-state index contributed by atoms with van der Waals surface area (Å²) in [7, 11) is 0. The van der Waals surface area contributed by atoms with Crippen LogP contribution in [0, 0.1) is 5.82 Å². The van der Waals surface area contributed by atoms with Crippen LogP contribution in [-0.2, 0) is 11.3 Å². The van der Waals surface area contributed by atoms with Gasteiger partial charge >= 0.3 is 0 Å². The number of carbonyl (C=O) groups is 1. The second kappa shape index (κ2) is 4.49. The third-order valence-electron chi connectivity index (χ3n) is 2.50. The molecule has 2 heterocycles. The Hall–Kier alpha value is -1.29. The van der Waals surface area contributed by atoms with Gasteiger partial charge in [-0.1, -0.05) is 0 Å². The van der Waals surface area contributed by atoms with E-state index in [0.717, 1.165) is 18.5 Å². The highest BCUT2D eigenvalue weighted by Crippen LogP contribution is 2.10. The fourth-order valence-corrected chi connectivity index (χ4v) is 1.84. The lowest BCUT2D eigenvalue weighted by Gasteiger charge is -2.25. The minimum Gasteiger partial charge on any atom is -0.298 e. The zero-order chi connectivity index (χ0) is 10.7. The number of likely N-dealkylation sites (tertiary alicyclic amines) is 1. The number of ketones is 1. The topological polar surface area (TPSA) is 33.2 Å². The molecule has 0 bridgehead atoms. The van der Waals surface area contributed by atoms with Crippen LogP contribution in [0.3, 0.4) is 0 Å². The lowest BCUT2D eigenvalue weighted by atomic mass is 10.1. The normalized spacial score (nSPS) is 18.1. The van der Waals surface area contributed by atoms with E-state index >= 15 is 0 Å². The van der Waals surface area contributed by atoms with Crippen molar-refractivity contribution in [3.05, 3.63) is 29.8 Å². The third kappa shape index (κ3) is 2.83. The van der Waals surface area contributed by atoms with Gasteiger partial charge in [0, 0.05) is 19.2 Å². The fraction of sp³-hybridized carbons (Fsp3) is 0.455. The molecule has 1 aromatic rings. The number of hydrogen-bond acceptors (Lipinski definition) is 3. The molecule has 0 amide bonds. The SMILES string of the molecule is O=C1CCCN(Cc2cncc(F)c2)C1. The molecule has 2 rings (SSSR count). The van der Waals surface area contributed by atoms with E-state index in [0.29, 0.717) is 19.5 Å². The van der Waals surface area contributed by atoms with Gasteiger partial charge in [-0.3, -0.25) is 14.7 Å². The molecule has 1 saturated heterocycles. The van der Waals surface area contributed by atoms with Crippen molar-refractivity contribution in [3.8, 4) is 0 Å². The van der Waals surface area contributed by atoms with E-state index in [1.807, 2.05) is 4.90 Å². The lowest BCUT2D eigenvalue weighted by molar-refractivity contribution is -0.122. The third-order valence-corrected chi connectivity index (χ3v) is 2.50. The first-order chi connectivity index (χ1) is 7.24. The molecule has 0 unspecified atom stereocenters. The largest absolute Gasteiger partial charge is 0.298 e. The predicted molar refractivity (Wildman–Crippen MR) is 53.7 cm³/mol. The van der Waals surface area contributed by atoms with Crippen molar-refractivity contribution in [2.75, 3.05) is 13.1 Å². The van der Waals surface area contributed by atoms with Crippen molar-refractivity contribution in [1.29, 1.82) is 0 Å². The highest BCUT2D eigenvalue weighted by atomic mass is 19.1. The quantitative estimate of drug-likeness (QED) is 0.736. The predicted octanol–water partition coefficient (Wildman–Crippen LogP) is 1.39. The van der Waals surface area contributed by atoms with Crippen molar-refractivity contribution < 1.29 is 9.18 Å². The number of rotatable bonds is 2. The number of aromatic nitrogens is 1. The second-order valence-electron chi connectivity index (χ2n) is 3.86. The second-order valence-corrected chi connectivity index (χ2v) is 3.86. The van der Waals surface area contributed by atoms with E-state index in [9.17, 15) is 9.18 Å². The van der Waals surface area contributed by atoms with Crippen molar-refractivity contribution in [1.82, 2.24) is 9.88 Å². The molecule has 0 aliphatic carbocycles. The summed E-state index contributed by atoms with van der Waals surface area (Å²) in [5.41, 5.74) is 0.824. The molecule has 80 valence electrons. The summed E-state index contributed by atoms with van der Waals surface area (Å²) in [6.07, 6.45) is 4.41. The molecule has 0 saturated carbocycles. The summed E-state index contributed by atoms with van der Waals surface area (Å²) in [5, 5.41) is 0. The number of nitrogens with zero attached hydrogens (tertiary/aromatic N) is 2. The van der Waals surface area contributed by atoms with Crippen LogP contribution in [0.4, 0.5) is 4.39 Å². The molecule has 0 spiro atoms. The number of halogens is 1. The van der Waals surface area contributed by atoms with Crippen LogP contribution in [0.1, 0.15) is 18.4 Å². The number of piperidine rings is 1. The Labute approximate surface area is 87.9 Å². The molecule has 1 fully saturated rings. The molecule has 0 radical (unpaired) electrons. The monoisotopic (exact) mass is 208 g/mol. The van der Waals surface area contributed by atoms with Crippen LogP contribution in [0.25, 0.3) is 0 Å². The average molecular weight is 208 g/mol. The van der Waals surface area contributed by atoms with E-state index in [1.54, 1.807) is 6.20 Å². The van der Waals surface area contributed by atoms with Crippen LogP contribution in [0.2, 0.25) is 0 Å². The van der Waals surface area contributed by atoms with Gasteiger partial charge in [0.15, 0.2) is 0 Å². The van der Waals surface area contributed by atoms with Crippen LogP contribution in [-0.4, -0.2) is 28.8 Å². The zero-order valence-corrected chi connectivity index (χ0v) is 8.45. The molecule has 15 heavy (non-hydrogen) atoms. The molecule has 0 N–H and O–H groups in total. The fourth-order valence-electron chi connectivity index (χ4n) is 1.84. The molecular weight excluding hydrogens is 195 g/mol. The Kier molecular flexibility index (Phi) is 3.06. The zero-order valence-electron chi connectivity index (χ0n) is 8.45. The van der Waals surface area contributed by atoms with Crippen molar-refractivity contribution >= 4 is 5.78 Å². The summed E-state index contributed by atoms with van der Waals surface area (Å²) in [6.45, 7) is 2.00. The highest BCUT2D eigenvalue weighted by Gasteiger charge is 2.16. The van der Waals surface area contributed by atoms with Gasteiger partial charge in [0.1, 0.15) is 11.6 Å². The van der Waals surface area contributed by atoms with Crippen LogP contribution >= 0.6 is 0 Å². The maximum atomic E-state index is 12.9. The van der Waals surface area contributed by atoms with Gasteiger partial charge in [-0.15, -0.1) is 0 Å². The maximum absolute atomic E-state index is 12.9. The molecule has 1 aromatic heterocycles. The first kappa shape index (κ1) is 10.2. The van der Waals surface area contributed by atoms with E-state index in [4.69, 9.17) is 0 Å². The summed E-state index contributed by atoms with van der Waals surface area (Å²) in [5.74, 6) is -0.0542. The molecule has 0 aromatic carbocycles. The van der Waals surface area contributed by atoms with Crippen molar-refractivity contribution in [3.63, 3.8) is 0 Å². The molecule has 1 aliphatic heterocycles. The van der Waals surface area contributed by atoms with Gasteiger partial charge in [-0.25, -0.2) is 4.39 Å². The number of Topliss-reactive ketones (excluding diaryl/α,β-unsaturated/α-hetero) is 1. The number of pyridine rings is 1. The Morgan fingerprint density at radius 1 is 1.47 bits per heavy atom. The molecule has 1 aliphatic rings. The van der Waals surface area contributed by atoms with Gasteiger partial charge in [-0.05, 0) is 24.6 Å². The summed E-state index contributed by atoms with van der Waals surface area (Å²) < 4.78 is 12.9. The molecular formula is C11H13FN2O. The summed E-state index contributed by atoms with van der Waals surface area (Å²) >= 11 is 0. The van der Waals surface area contributed by atoms with Gasteiger partial charge in [0.2, 0.25) is 0 Å². The summed E-state index contributed by atoms with van der Waals surface area (Å²) in [4.78, 5) is 17.0. The Morgan fingerprint density at radius 3 is 3.07 bits per heavy atom. The number of carbonyl (C=O) groups excluding carboxylic acids is 1. The molecule has 4 heteroatoms. The molecule has 3 nitrogen and oxygen atoms in total. The highest BCUT2D eigenvalue weighted by molar-refractivity contribution is 5.81. The standard InChI is InChI=1S/C11H13FN2O/c12-10-4-9(5-13-6-10)7-14-3-1-2-11(15)8-14/h4-6H,1-3,7-8H2. The van der Waals surface area contributed by atoms with Gasteiger partial charge in [-0.2, -0.15) is 0 Å². The van der Waals surface area contributed by atoms with Gasteiger partial charge < -0.3 is 0 Å². The van der Waals surface area contributed by atoms with E-state index in [2.05, 4.69) is 4.98 Å². The van der Waals surface area contributed by atoms with Crippen LogP contribution in [0.15, 0.2) is 18.5 Å². The maximum Gasteiger partial charge on any atom is 0.146 e. The van der Waals surface area contributed by atoms with Crippen LogP contribution < -0.4 is 0 Å². The number of hydrogen-bond donors (Lipinski definition) is 0. The van der Waals surface area contributed by atoms with E-state index < -0.39 is 0 Å². The van der Waals surface area contributed by atoms with E-state index in [-0.39, 0.29) is 11.6 Å². The first-order valence-electron chi connectivity index (χ1n) is 5.07. The minimum absolute atomic E-state index is 0.269. The Morgan fingerprint density at radius 2 is 2.33 bits per heavy atom. The van der Waals surface area contributed by atoms with Gasteiger partial charge in [0.25, 0.3) is 0 Å². The lowest BCUT2D eigenvalue weighted by Crippen LogP contribution is -2.35. The van der Waals surface area contributed by atoms with Gasteiger partial charge in [0.05, 0.1) is 12.7 Å².